The van der Waals surface area contributed by atoms with Crippen LogP contribution in [-0.2, 0) is 4.79 Å². The van der Waals surface area contributed by atoms with Crippen LogP contribution in [0.3, 0.4) is 0 Å². The molecule has 2 rings (SSSR count). The van der Waals surface area contributed by atoms with Gasteiger partial charge in [0.15, 0.2) is 0 Å². The number of carbonyl (C=O) groups is 2. The molecule has 0 unspecified atom stereocenters. The van der Waals surface area contributed by atoms with E-state index >= 15 is 0 Å². The van der Waals surface area contributed by atoms with Crippen molar-refractivity contribution in [3.05, 3.63) is 23.8 Å². The third-order valence-electron chi connectivity index (χ3n) is 2.55. The normalized spacial score (nSPS) is 14.1. The topological polar surface area (TPSA) is 58.2 Å². The SMILES string of the molecule is CC(C)CNC(=O)c1ccc2c(c1)NC(=O)CS2. The number of thioether (sulfide) groups is 1. The van der Waals surface area contributed by atoms with Gasteiger partial charge >= 0.3 is 0 Å². The Kier molecular flexibility index (Phi) is 3.91. The summed E-state index contributed by atoms with van der Waals surface area (Å²) in [6.07, 6.45) is 0. The molecule has 0 saturated carbocycles. The van der Waals surface area contributed by atoms with Crippen LogP contribution in [0.4, 0.5) is 5.69 Å². The second-order valence-corrected chi connectivity index (χ2v) is 5.67. The summed E-state index contributed by atoms with van der Waals surface area (Å²) in [7, 11) is 0. The Morgan fingerprint density at radius 2 is 2.28 bits per heavy atom. The molecule has 5 heteroatoms. The van der Waals surface area contributed by atoms with Crippen molar-refractivity contribution in [2.45, 2.75) is 18.7 Å². The van der Waals surface area contributed by atoms with Crippen LogP contribution in [0.1, 0.15) is 24.2 Å². The van der Waals surface area contributed by atoms with E-state index in [1.54, 1.807) is 12.1 Å². The van der Waals surface area contributed by atoms with Gasteiger partial charge in [0.1, 0.15) is 0 Å². The van der Waals surface area contributed by atoms with E-state index in [9.17, 15) is 9.59 Å². The van der Waals surface area contributed by atoms with Gasteiger partial charge in [-0.15, -0.1) is 11.8 Å². The molecular weight excluding hydrogens is 248 g/mol. The molecule has 0 spiro atoms. The van der Waals surface area contributed by atoms with E-state index in [0.29, 0.717) is 23.8 Å². The monoisotopic (exact) mass is 264 g/mol. The number of anilines is 1. The van der Waals surface area contributed by atoms with Gasteiger partial charge in [0.25, 0.3) is 5.91 Å². The highest BCUT2D eigenvalue weighted by Gasteiger charge is 2.17. The summed E-state index contributed by atoms with van der Waals surface area (Å²) in [4.78, 5) is 24.2. The third kappa shape index (κ3) is 3.04. The van der Waals surface area contributed by atoms with Crippen LogP contribution in [0.2, 0.25) is 0 Å². The molecule has 0 radical (unpaired) electrons. The molecule has 0 atom stereocenters. The van der Waals surface area contributed by atoms with Crippen molar-refractivity contribution >= 4 is 29.3 Å². The van der Waals surface area contributed by atoms with Crippen molar-refractivity contribution in [2.75, 3.05) is 17.6 Å². The zero-order chi connectivity index (χ0) is 13.1. The number of nitrogens with one attached hydrogen (secondary N) is 2. The lowest BCUT2D eigenvalue weighted by atomic mass is 10.1. The van der Waals surface area contributed by atoms with Gasteiger partial charge in [-0.25, -0.2) is 0 Å². The van der Waals surface area contributed by atoms with Gasteiger partial charge in [-0.3, -0.25) is 9.59 Å². The van der Waals surface area contributed by atoms with E-state index in [0.717, 1.165) is 10.6 Å². The average molecular weight is 264 g/mol. The molecule has 96 valence electrons. The number of hydrogen-bond acceptors (Lipinski definition) is 3. The van der Waals surface area contributed by atoms with Crippen molar-refractivity contribution in [3.8, 4) is 0 Å². The Balaban J connectivity index is 2.13. The predicted molar refractivity (Wildman–Crippen MR) is 73.0 cm³/mol. The number of hydrogen-bond donors (Lipinski definition) is 2. The quantitative estimate of drug-likeness (QED) is 0.879. The number of rotatable bonds is 3. The molecule has 2 N–H and O–H groups in total. The van der Waals surface area contributed by atoms with Crippen LogP contribution in [0.15, 0.2) is 23.1 Å². The number of fused-ring (bicyclic) bond motifs is 1. The minimum absolute atomic E-state index is 0.0211. The molecular formula is C13H16N2O2S. The summed E-state index contributed by atoms with van der Waals surface area (Å²) in [6, 6.07) is 5.40. The minimum Gasteiger partial charge on any atom is -0.352 e. The first-order chi connectivity index (χ1) is 8.56. The van der Waals surface area contributed by atoms with Gasteiger partial charge in [0.05, 0.1) is 11.4 Å². The van der Waals surface area contributed by atoms with Gasteiger partial charge < -0.3 is 10.6 Å². The van der Waals surface area contributed by atoms with Crippen LogP contribution < -0.4 is 10.6 Å². The van der Waals surface area contributed by atoms with Crippen molar-refractivity contribution < 1.29 is 9.59 Å². The van der Waals surface area contributed by atoms with Crippen molar-refractivity contribution in [1.29, 1.82) is 0 Å². The highest BCUT2D eigenvalue weighted by atomic mass is 32.2. The average Bonchev–Trinajstić information content (AvgIpc) is 2.34. The zero-order valence-electron chi connectivity index (χ0n) is 10.4. The highest BCUT2D eigenvalue weighted by molar-refractivity contribution is 8.00. The van der Waals surface area contributed by atoms with Crippen molar-refractivity contribution in [3.63, 3.8) is 0 Å². The largest absolute Gasteiger partial charge is 0.352 e. The number of benzene rings is 1. The molecule has 18 heavy (non-hydrogen) atoms. The van der Waals surface area contributed by atoms with E-state index in [1.807, 2.05) is 19.9 Å². The van der Waals surface area contributed by atoms with Gasteiger partial charge in [-0.1, -0.05) is 13.8 Å². The lowest BCUT2D eigenvalue weighted by Crippen LogP contribution is -2.27. The smallest absolute Gasteiger partial charge is 0.251 e. The Morgan fingerprint density at radius 3 is 3.00 bits per heavy atom. The molecule has 1 aromatic rings. The first-order valence-corrected chi connectivity index (χ1v) is 6.89. The molecule has 2 amide bonds. The van der Waals surface area contributed by atoms with Crippen molar-refractivity contribution in [1.82, 2.24) is 5.32 Å². The van der Waals surface area contributed by atoms with Gasteiger partial charge in [0, 0.05) is 17.0 Å². The van der Waals surface area contributed by atoms with Crippen LogP contribution in [0, 0.1) is 5.92 Å². The molecule has 0 fully saturated rings. The van der Waals surface area contributed by atoms with Crippen molar-refractivity contribution in [2.24, 2.45) is 5.92 Å². The third-order valence-corrected chi connectivity index (χ3v) is 3.62. The summed E-state index contributed by atoms with van der Waals surface area (Å²) in [5.74, 6) is 0.733. The zero-order valence-corrected chi connectivity index (χ0v) is 11.3. The summed E-state index contributed by atoms with van der Waals surface area (Å²) in [5, 5.41) is 5.64. The van der Waals surface area contributed by atoms with E-state index < -0.39 is 0 Å². The maximum absolute atomic E-state index is 11.9. The Morgan fingerprint density at radius 1 is 1.50 bits per heavy atom. The van der Waals surface area contributed by atoms with E-state index in [1.165, 1.54) is 11.8 Å². The maximum Gasteiger partial charge on any atom is 0.251 e. The summed E-state index contributed by atoms with van der Waals surface area (Å²) >= 11 is 1.49. The van der Waals surface area contributed by atoms with Gasteiger partial charge in [-0.05, 0) is 24.1 Å². The van der Waals surface area contributed by atoms with Gasteiger partial charge in [-0.2, -0.15) is 0 Å². The highest BCUT2D eigenvalue weighted by Crippen LogP contribution is 2.31. The van der Waals surface area contributed by atoms with Gasteiger partial charge in [0.2, 0.25) is 5.91 Å². The lowest BCUT2D eigenvalue weighted by Gasteiger charge is -2.17. The molecule has 1 heterocycles. The van der Waals surface area contributed by atoms with E-state index in [4.69, 9.17) is 0 Å². The standard InChI is InChI=1S/C13H16N2O2S/c1-8(2)6-14-13(17)9-3-4-11-10(5-9)15-12(16)7-18-11/h3-5,8H,6-7H2,1-2H3,(H,14,17)(H,15,16). The molecule has 1 aromatic carbocycles. The molecule has 1 aliphatic heterocycles. The van der Waals surface area contributed by atoms with Crippen LogP contribution in [0.25, 0.3) is 0 Å². The Labute approximate surface area is 111 Å². The first kappa shape index (κ1) is 13.0. The van der Waals surface area contributed by atoms with Crippen LogP contribution in [-0.4, -0.2) is 24.1 Å². The number of carbonyl (C=O) groups excluding carboxylic acids is 2. The summed E-state index contributed by atoms with van der Waals surface area (Å²) in [5.41, 5.74) is 1.31. The maximum atomic E-state index is 11.9. The summed E-state index contributed by atoms with van der Waals surface area (Å²) in [6.45, 7) is 4.74. The molecule has 0 saturated heterocycles. The van der Waals surface area contributed by atoms with E-state index in [-0.39, 0.29) is 11.8 Å². The first-order valence-electron chi connectivity index (χ1n) is 5.91. The molecule has 0 aromatic heterocycles. The van der Waals surface area contributed by atoms with E-state index in [2.05, 4.69) is 10.6 Å². The van der Waals surface area contributed by atoms with Crippen LogP contribution in [0.5, 0.6) is 0 Å². The molecule has 0 aliphatic carbocycles. The molecule has 0 bridgehead atoms. The Hall–Kier alpha value is -1.49. The second-order valence-electron chi connectivity index (χ2n) is 4.65. The second kappa shape index (κ2) is 5.44. The fourth-order valence-electron chi connectivity index (χ4n) is 1.62. The molecule has 1 aliphatic rings. The predicted octanol–water partition coefficient (Wildman–Crippen LogP) is 2.12. The van der Waals surface area contributed by atoms with Crippen LogP contribution >= 0.6 is 11.8 Å². The lowest BCUT2D eigenvalue weighted by molar-refractivity contribution is -0.113. The summed E-state index contributed by atoms with van der Waals surface area (Å²) < 4.78 is 0. The minimum atomic E-state index is -0.101. The fourth-order valence-corrected chi connectivity index (χ4v) is 2.41. The molecule has 4 nitrogen and oxygen atoms in total. The fraction of sp³-hybridized carbons (Fsp3) is 0.385. The number of amides is 2. The Bertz CT molecular complexity index is 486.